The first-order valence-electron chi connectivity index (χ1n) is 6.12. The summed E-state index contributed by atoms with van der Waals surface area (Å²) < 4.78 is 5.45. The molecule has 2 aromatic rings. The molecule has 18 heavy (non-hydrogen) atoms. The number of ether oxygens (including phenoxy) is 1. The summed E-state index contributed by atoms with van der Waals surface area (Å²) >= 11 is 0. The Labute approximate surface area is 107 Å². The molecule has 96 valence electrons. The van der Waals surface area contributed by atoms with Crippen LogP contribution in [0.25, 0.3) is 11.3 Å². The molecule has 0 saturated heterocycles. The van der Waals surface area contributed by atoms with Crippen molar-refractivity contribution < 1.29 is 4.74 Å². The number of aromatic nitrogens is 3. The molecule has 0 radical (unpaired) electrons. The van der Waals surface area contributed by atoms with Crippen LogP contribution in [0.2, 0.25) is 0 Å². The highest BCUT2D eigenvalue weighted by molar-refractivity contribution is 5.65. The molecule has 0 aromatic carbocycles. The molecule has 2 aromatic heterocycles. The highest BCUT2D eigenvalue weighted by Crippen LogP contribution is 2.33. The number of hydrogen-bond acceptors (Lipinski definition) is 3. The van der Waals surface area contributed by atoms with Crippen LogP contribution in [-0.2, 0) is 5.41 Å². The third-order valence-corrected chi connectivity index (χ3v) is 3.51. The van der Waals surface area contributed by atoms with Gasteiger partial charge in [0.15, 0.2) is 0 Å². The fraction of sp³-hybridized carbons (Fsp3) is 0.429. The van der Waals surface area contributed by atoms with Crippen molar-refractivity contribution in [1.29, 1.82) is 0 Å². The molecule has 0 bridgehead atoms. The van der Waals surface area contributed by atoms with E-state index in [1.54, 1.807) is 13.3 Å². The highest BCUT2D eigenvalue weighted by Gasteiger charge is 2.21. The van der Waals surface area contributed by atoms with E-state index in [1.165, 1.54) is 5.56 Å². The molecule has 0 aliphatic carbocycles. The van der Waals surface area contributed by atoms with E-state index in [2.05, 4.69) is 42.0 Å². The predicted molar refractivity (Wildman–Crippen MR) is 71.7 cm³/mol. The summed E-state index contributed by atoms with van der Waals surface area (Å²) in [7, 11) is 1.67. The highest BCUT2D eigenvalue weighted by atomic mass is 16.5. The van der Waals surface area contributed by atoms with Crippen molar-refractivity contribution in [1.82, 2.24) is 15.2 Å². The predicted octanol–water partition coefficient (Wildman–Crippen LogP) is 3.17. The zero-order chi connectivity index (χ0) is 13.2. The van der Waals surface area contributed by atoms with Crippen LogP contribution in [0.1, 0.15) is 32.8 Å². The molecule has 0 amide bonds. The van der Waals surface area contributed by atoms with E-state index in [0.29, 0.717) is 0 Å². The Balaban J connectivity index is 2.47. The van der Waals surface area contributed by atoms with Crippen LogP contribution in [0.5, 0.6) is 5.75 Å². The minimum absolute atomic E-state index is 0.106. The normalized spacial score (nSPS) is 11.6. The molecule has 0 aliphatic rings. The Bertz CT molecular complexity index is 518. The molecule has 0 spiro atoms. The Hall–Kier alpha value is -1.84. The van der Waals surface area contributed by atoms with Gasteiger partial charge < -0.3 is 4.74 Å². The van der Waals surface area contributed by atoms with Gasteiger partial charge in [0.05, 0.1) is 13.3 Å². The minimum atomic E-state index is 0.106. The summed E-state index contributed by atoms with van der Waals surface area (Å²) in [6.45, 7) is 6.60. The number of nitrogens with zero attached hydrogens (tertiary/aromatic N) is 2. The first-order valence-corrected chi connectivity index (χ1v) is 6.12. The first kappa shape index (κ1) is 12.6. The van der Waals surface area contributed by atoms with Gasteiger partial charge in [-0.05, 0) is 23.5 Å². The quantitative estimate of drug-likeness (QED) is 0.900. The second-order valence-electron chi connectivity index (χ2n) is 5.00. The van der Waals surface area contributed by atoms with E-state index in [4.69, 9.17) is 4.74 Å². The number of pyridine rings is 1. The van der Waals surface area contributed by atoms with Crippen molar-refractivity contribution in [2.24, 2.45) is 0 Å². The molecule has 4 nitrogen and oxygen atoms in total. The van der Waals surface area contributed by atoms with Crippen LogP contribution in [0.4, 0.5) is 0 Å². The number of hydrogen-bond donors (Lipinski definition) is 1. The van der Waals surface area contributed by atoms with Crippen molar-refractivity contribution in [3.8, 4) is 17.0 Å². The third kappa shape index (κ3) is 2.23. The summed E-state index contributed by atoms with van der Waals surface area (Å²) in [6.07, 6.45) is 6.54. The summed E-state index contributed by atoms with van der Waals surface area (Å²) in [6, 6.07) is 2.07. The summed E-state index contributed by atoms with van der Waals surface area (Å²) in [5, 5.41) is 6.73. The van der Waals surface area contributed by atoms with Gasteiger partial charge in [0, 0.05) is 18.0 Å². The van der Waals surface area contributed by atoms with E-state index in [9.17, 15) is 0 Å². The van der Waals surface area contributed by atoms with Crippen LogP contribution in [-0.4, -0.2) is 22.3 Å². The summed E-state index contributed by atoms with van der Waals surface area (Å²) in [5.41, 5.74) is 3.05. The summed E-state index contributed by atoms with van der Waals surface area (Å²) in [5.74, 6) is 0.787. The Morgan fingerprint density at radius 2 is 2.11 bits per heavy atom. The fourth-order valence-corrected chi connectivity index (χ4v) is 1.77. The molecular formula is C14H19N3O. The second kappa shape index (κ2) is 4.80. The molecule has 0 unspecified atom stereocenters. The average Bonchev–Trinajstić information content (AvgIpc) is 2.91. The first-order chi connectivity index (χ1) is 8.58. The maximum Gasteiger partial charge on any atom is 0.145 e. The lowest BCUT2D eigenvalue weighted by atomic mass is 9.83. The van der Waals surface area contributed by atoms with Crippen molar-refractivity contribution in [3.05, 3.63) is 30.2 Å². The van der Waals surface area contributed by atoms with E-state index in [1.807, 2.05) is 12.4 Å². The monoisotopic (exact) mass is 245 g/mol. The minimum Gasteiger partial charge on any atom is -0.494 e. The van der Waals surface area contributed by atoms with E-state index < -0.39 is 0 Å². The lowest BCUT2D eigenvalue weighted by Crippen LogP contribution is -2.16. The van der Waals surface area contributed by atoms with Crippen molar-refractivity contribution >= 4 is 0 Å². The molecule has 0 aliphatic heterocycles. The second-order valence-corrected chi connectivity index (χ2v) is 5.00. The van der Waals surface area contributed by atoms with E-state index in [0.717, 1.165) is 23.4 Å². The van der Waals surface area contributed by atoms with Crippen LogP contribution < -0.4 is 4.74 Å². The smallest absolute Gasteiger partial charge is 0.145 e. The molecule has 0 fully saturated rings. The molecule has 2 rings (SSSR count). The van der Waals surface area contributed by atoms with E-state index in [-0.39, 0.29) is 5.41 Å². The van der Waals surface area contributed by atoms with Gasteiger partial charge in [0.2, 0.25) is 0 Å². The number of nitrogens with one attached hydrogen (secondary N) is 1. The van der Waals surface area contributed by atoms with Gasteiger partial charge >= 0.3 is 0 Å². The van der Waals surface area contributed by atoms with Gasteiger partial charge in [-0.2, -0.15) is 5.10 Å². The van der Waals surface area contributed by atoms with Gasteiger partial charge in [-0.3, -0.25) is 10.1 Å². The van der Waals surface area contributed by atoms with Gasteiger partial charge in [0.1, 0.15) is 11.4 Å². The topological polar surface area (TPSA) is 50.8 Å². The van der Waals surface area contributed by atoms with Crippen LogP contribution in [0.3, 0.4) is 0 Å². The van der Waals surface area contributed by atoms with Crippen LogP contribution in [0.15, 0.2) is 24.7 Å². The molecule has 0 atom stereocenters. The number of methoxy groups -OCH3 is 1. The third-order valence-electron chi connectivity index (χ3n) is 3.51. The van der Waals surface area contributed by atoms with E-state index >= 15 is 0 Å². The molecule has 1 N–H and O–H groups in total. The van der Waals surface area contributed by atoms with Crippen molar-refractivity contribution in [2.45, 2.75) is 32.6 Å². The van der Waals surface area contributed by atoms with Gasteiger partial charge in [-0.15, -0.1) is 0 Å². The standard InChI is InChI=1S/C14H19N3O/c1-5-14(2,3)11-6-12(18-4)13(15-9-11)10-7-16-17-8-10/h6-9H,5H2,1-4H3,(H,16,17). The Morgan fingerprint density at radius 3 is 2.67 bits per heavy atom. The largest absolute Gasteiger partial charge is 0.494 e. The lowest BCUT2D eigenvalue weighted by Gasteiger charge is -2.23. The average molecular weight is 245 g/mol. The zero-order valence-corrected chi connectivity index (χ0v) is 11.3. The summed E-state index contributed by atoms with van der Waals surface area (Å²) in [4.78, 5) is 4.52. The lowest BCUT2D eigenvalue weighted by molar-refractivity contribution is 0.410. The van der Waals surface area contributed by atoms with Gasteiger partial charge in [0.25, 0.3) is 0 Å². The van der Waals surface area contributed by atoms with Crippen LogP contribution >= 0.6 is 0 Å². The number of rotatable bonds is 4. The van der Waals surface area contributed by atoms with Crippen molar-refractivity contribution in [3.63, 3.8) is 0 Å². The molecular weight excluding hydrogens is 226 g/mol. The molecule has 2 heterocycles. The van der Waals surface area contributed by atoms with Crippen LogP contribution in [0, 0.1) is 0 Å². The fourth-order valence-electron chi connectivity index (χ4n) is 1.77. The Kier molecular flexibility index (Phi) is 3.36. The maximum absolute atomic E-state index is 5.45. The Morgan fingerprint density at radius 1 is 1.33 bits per heavy atom. The van der Waals surface area contributed by atoms with Gasteiger partial charge in [-0.25, -0.2) is 0 Å². The number of H-pyrrole nitrogens is 1. The maximum atomic E-state index is 5.45. The SMILES string of the molecule is CCC(C)(C)c1cnc(-c2cn[nH]c2)c(OC)c1. The molecule has 0 saturated carbocycles. The number of aromatic amines is 1. The zero-order valence-electron chi connectivity index (χ0n) is 11.3. The van der Waals surface area contributed by atoms with Gasteiger partial charge in [-0.1, -0.05) is 20.8 Å². The van der Waals surface area contributed by atoms with Crippen molar-refractivity contribution in [2.75, 3.05) is 7.11 Å². The molecule has 4 heteroatoms.